The van der Waals surface area contributed by atoms with Crippen LogP contribution in [0.15, 0.2) is 24.3 Å². The van der Waals surface area contributed by atoms with E-state index in [0.717, 1.165) is 24.7 Å². The molecule has 1 fully saturated rings. The van der Waals surface area contributed by atoms with Crippen LogP contribution in [0.25, 0.3) is 0 Å². The SMILES string of the molecule is CC1(C)CN(c2ccc(Cl)cc2)CCCCN1. The van der Waals surface area contributed by atoms with Crippen molar-refractivity contribution in [2.75, 3.05) is 24.5 Å². The number of rotatable bonds is 1. The van der Waals surface area contributed by atoms with E-state index in [1.54, 1.807) is 0 Å². The molecule has 0 radical (unpaired) electrons. The van der Waals surface area contributed by atoms with Gasteiger partial charge in [0.05, 0.1) is 0 Å². The molecule has 1 heterocycles. The molecule has 1 N–H and O–H groups in total. The molecular formula is C14H21ClN2. The van der Waals surface area contributed by atoms with Gasteiger partial charge in [-0.1, -0.05) is 11.6 Å². The van der Waals surface area contributed by atoms with Crippen LogP contribution in [0.4, 0.5) is 5.69 Å². The van der Waals surface area contributed by atoms with Crippen molar-refractivity contribution in [2.45, 2.75) is 32.2 Å². The maximum atomic E-state index is 5.93. The van der Waals surface area contributed by atoms with Gasteiger partial charge in [0.1, 0.15) is 0 Å². The van der Waals surface area contributed by atoms with E-state index in [1.165, 1.54) is 18.5 Å². The Labute approximate surface area is 109 Å². The summed E-state index contributed by atoms with van der Waals surface area (Å²) in [5, 5.41) is 4.41. The highest BCUT2D eigenvalue weighted by molar-refractivity contribution is 6.30. The average molecular weight is 253 g/mol. The Kier molecular flexibility index (Phi) is 3.95. The number of benzene rings is 1. The lowest BCUT2D eigenvalue weighted by Crippen LogP contribution is -2.51. The molecule has 0 spiro atoms. The molecule has 3 heteroatoms. The van der Waals surface area contributed by atoms with Gasteiger partial charge in [-0.05, 0) is 57.5 Å². The van der Waals surface area contributed by atoms with Gasteiger partial charge in [-0.3, -0.25) is 0 Å². The van der Waals surface area contributed by atoms with Crippen molar-refractivity contribution in [3.05, 3.63) is 29.3 Å². The van der Waals surface area contributed by atoms with Crippen LogP contribution < -0.4 is 10.2 Å². The molecule has 0 aromatic heterocycles. The second kappa shape index (κ2) is 5.28. The van der Waals surface area contributed by atoms with E-state index in [1.807, 2.05) is 12.1 Å². The zero-order valence-corrected chi connectivity index (χ0v) is 11.4. The highest BCUT2D eigenvalue weighted by Crippen LogP contribution is 2.21. The van der Waals surface area contributed by atoms with Gasteiger partial charge in [0.15, 0.2) is 0 Å². The predicted molar refractivity (Wildman–Crippen MR) is 75.0 cm³/mol. The van der Waals surface area contributed by atoms with Crippen molar-refractivity contribution in [2.24, 2.45) is 0 Å². The van der Waals surface area contributed by atoms with E-state index in [0.29, 0.717) is 0 Å². The summed E-state index contributed by atoms with van der Waals surface area (Å²) in [7, 11) is 0. The van der Waals surface area contributed by atoms with Crippen LogP contribution in [-0.4, -0.2) is 25.2 Å². The van der Waals surface area contributed by atoms with E-state index in [2.05, 4.69) is 36.2 Å². The second-order valence-corrected chi connectivity index (χ2v) is 5.85. The van der Waals surface area contributed by atoms with Crippen LogP contribution in [0.1, 0.15) is 26.7 Å². The monoisotopic (exact) mass is 252 g/mol. The number of hydrogen-bond donors (Lipinski definition) is 1. The van der Waals surface area contributed by atoms with Gasteiger partial charge in [-0.2, -0.15) is 0 Å². The molecule has 0 saturated carbocycles. The molecule has 17 heavy (non-hydrogen) atoms. The van der Waals surface area contributed by atoms with E-state index in [9.17, 15) is 0 Å². The van der Waals surface area contributed by atoms with Crippen LogP contribution in [-0.2, 0) is 0 Å². The van der Waals surface area contributed by atoms with Crippen molar-refractivity contribution < 1.29 is 0 Å². The smallest absolute Gasteiger partial charge is 0.0407 e. The molecular weight excluding hydrogens is 232 g/mol. The number of nitrogens with zero attached hydrogens (tertiary/aromatic N) is 1. The van der Waals surface area contributed by atoms with E-state index >= 15 is 0 Å². The quantitative estimate of drug-likeness (QED) is 0.825. The molecule has 2 rings (SSSR count). The van der Waals surface area contributed by atoms with Crippen LogP contribution in [0.2, 0.25) is 5.02 Å². The first-order valence-electron chi connectivity index (χ1n) is 6.32. The lowest BCUT2D eigenvalue weighted by atomic mass is 10.0. The molecule has 1 aromatic carbocycles. The van der Waals surface area contributed by atoms with Gasteiger partial charge in [0.2, 0.25) is 0 Å². The minimum Gasteiger partial charge on any atom is -0.370 e. The number of nitrogens with one attached hydrogen (secondary N) is 1. The Morgan fingerprint density at radius 1 is 1.18 bits per heavy atom. The van der Waals surface area contributed by atoms with Crippen molar-refractivity contribution in [3.63, 3.8) is 0 Å². The third-order valence-corrected chi connectivity index (χ3v) is 3.49. The molecule has 1 saturated heterocycles. The van der Waals surface area contributed by atoms with Crippen LogP contribution in [0.3, 0.4) is 0 Å². The molecule has 0 amide bonds. The van der Waals surface area contributed by atoms with Crippen LogP contribution in [0, 0.1) is 0 Å². The number of anilines is 1. The largest absolute Gasteiger partial charge is 0.370 e. The third-order valence-electron chi connectivity index (χ3n) is 3.24. The minimum absolute atomic E-state index is 0.167. The Balaban J connectivity index is 2.14. The van der Waals surface area contributed by atoms with Crippen molar-refractivity contribution in [1.29, 1.82) is 0 Å². The summed E-state index contributed by atoms with van der Waals surface area (Å²) in [6.07, 6.45) is 2.49. The highest BCUT2D eigenvalue weighted by Gasteiger charge is 2.22. The summed E-state index contributed by atoms with van der Waals surface area (Å²) >= 11 is 5.93. The topological polar surface area (TPSA) is 15.3 Å². The molecule has 1 aliphatic heterocycles. The Hall–Kier alpha value is -0.730. The van der Waals surface area contributed by atoms with Gasteiger partial charge in [0, 0.05) is 29.3 Å². The van der Waals surface area contributed by atoms with Gasteiger partial charge in [-0.25, -0.2) is 0 Å². The molecule has 0 aliphatic carbocycles. The second-order valence-electron chi connectivity index (χ2n) is 5.42. The first kappa shape index (κ1) is 12.7. The zero-order chi connectivity index (χ0) is 12.3. The van der Waals surface area contributed by atoms with Crippen molar-refractivity contribution >= 4 is 17.3 Å². The maximum absolute atomic E-state index is 5.93. The van der Waals surface area contributed by atoms with E-state index in [4.69, 9.17) is 11.6 Å². The van der Waals surface area contributed by atoms with Gasteiger partial charge in [-0.15, -0.1) is 0 Å². The highest BCUT2D eigenvalue weighted by atomic mass is 35.5. The summed E-state index contributed by atoms with van der Waals surface area (Å²) in [5.41, 5.74) is 1.44. The molecule has 0 bridgehead atoms. The summed E-state index contributed by atoms with van der Waals surface area (Å²) < 4.78 is 0. The Morgan fingerprint density at radius 3 is 2.59 bits per heavy atom. The summed E-state index contributed by atoms with van der Waals surface area (Å²) in [6, 6.07) is 8.16. The fraction of sp³-hybridized carbons (Fsp3) is 0.571. The van der Waals surface area contributed by atoms with Gasteiger partial charge >= 0.3 is 0 Å². The first-order valence-corrected chi connectivity index (χ1v) is 6.70. The molecule has 0 unspecified atom stereocenters. The normalized spacial score (nSPS) is 20.8. The molecule has 1 aliphatic rings. The lowest BCUT2D eigenvalue weighted by molar-refractivity contribution is 0.364. The number of hydrogen-bond acceptors (Lipinski definition) is 2. The lowest BCUT2D eigenvalue weighted by Gasteiger charge is -2.37. The summed E-state index contributed by atoms with van der Waals surface area (Å²) in [6.45, 7) is 7.82. The molecule has 2 nitrogen and oxygen atoms in total. The molecule has 94 valence electrons. The predicted octanol–water partition coefficient (Wildman–Crippen LogP) is 3.31. The van der Waals surface area contributed by atoms with Crippen LogP contribution >= 0.6 is 11.6 Å². The fourth-order valence-corrected chi connectivity index (χ4v) is 2.46. The van der Waals surface area contributed by atoms with E-state index < -0.39 is 0 Å². The third kappa shape index (κ3) is 3.62. The Morgan fingerprint density at radius 2 is 1.88 bits per heavy atom. The summed E-state index contributed by atoms with van der Waals surface area (Å²) in [5.74, 6) is 0. The van der Waals surface area contributed by atoms with Gasteiger partial charge < -0.3 is 10.2 Å². The van der Waals surface area contributed by atoms with E-state index in [-0.39, 0.29) is 5.54 Å². The van der Waals surface area contributed by atoms with Gasteiger partial charge in [0.25, 0.3) is 0 Å². The van der Waals surface area contributed by atoms with Crippen molar-refractivity contribution in [3.8, 4) is 0 Å². The zero-order valence-electron chi connectivity index (χ0n) is 10.7. The Bertz CT molecular complexity index is 359. The molecule has 0 atom stereocenters. The minimum atomic E-state index is 0.167. The first-order chi connectivity index (χ1) is 8.07. The van der Waals surface area contributed by atoms with Crippen LogP contribution in [0.5, 0.6) is 0 Å². The molecule has 1 aromatic rings. The summed E-state index contributed by atoms with van der Waals surface area (Å²) in [4.78, 5) is 2.45. The maximum Gasteiger partial charge on any atom is 0.0407 e. The number of halogens is 1. The average Bonchev–Trinajstić information content (AvgIpc) is 2.25. The fourth-order valence-electron chi connectivity index (χ4n) is 2.34. The van der Waals surface area contributed by atoms with Crippen molar-refractivity contribution in [1.82, 2.24) is 5.32 Å². The standard InChI is InChI=1S/C14H21ClN2/c1-14(2)11-17(10-4-3-9-16-14)13-7-5-12(15)6-8-13/h5-8,16H,3-4,9-11H2,1-2H3.